The number of aromatic nitrogens is 1. The summed E-state index contributed by atoms with van der Waals surface area (Å²) in [5, 5.41) is 1.02. The molecule has 1 heterocycles. The van der Waals surface area contributed by atoms with Crippen LogP contribution in [0.5, 0.6) is 0 Å². The van der Waals surface area contributed by atoms with Crippen molar-refractivity contribution in [2.45, 2.75) is 41.5 Å². The second kappa shape index (κ2) is 6.31. The first-order valence-corrected chi connectivity index (χ1v) is 8.99. The van der Waals surface area contributed by atoms with E-state index in [2.05, 4.69) is 46.5 Å². The number of pyridine rings is 1. The van der Waals surface area contributed by atoms with Crippen LogP contribution < -0.4 is 0 Å². The molecule has 134 valence electrons. The Bertz CT molecular complexity index is 958. The van der Waals surface area contributed by atoms with Crippen molar-refractivity contribution in [3.05, 3.63) is 59.8 Å². The number of allylic oxidation sites excluding steroid dienone is 4. The van der Waals surface area contributed by atoms with E-state index in [1.54, 1.807) is 6.20 Å². The molecule has 0 bridgehead atoms. The zero-order valence-corrected chi connectivity index (χ0v) is 16.4. The number of rotatable bonds is 1. The average Bonchev–Trinajstić information content (AvgIpc) is 2.55. The van der Waals surface area contributed by atoms with Gasteiger partial charge in [-0.1, -0.05) is 65.8 Å². The molecule has 0 atom stereocenters. The molecule has 1 aliphatic carbocycles. The van der Waals surface area contributed by atoms with Crippen LogP contribution in [0, 0.1) is 10.8 Å². The molecule has 3 nitrogen and oxygen atoms in total. The third-order valence-electron chi connectivity index (χ3n) is 4.60. The molecule has 1 aliphatic rings. The SMILES string of the molecule is CC(C)(C)C1=CC(=Nc2cccc3cccnc23)C(=O)C(C(C)(C)C)=C1. The van der Waals surface area contributed by atoms with Gasteiger partial charge >= 0.3 is 0 Å². The van der Waals surface area contributed by atoms with E-state index < -0.39 is 0 Å². The number of carbonyl (C=O) groups is 1. The average molecular weight is 346 g/mol. The van der Waals surface area contributed by atoms with Crippen LogP contribution in [0.3, 0.4) is 0 Å². The number of Topliss-reactive ketones (excluding diaryl/α,β-unsaturated/α-hetero) is 1. The third kappa shape index (κ3) is 3.52. The van der Waals surface area contributed by atoms with E-state index in [9.17, 15) is 4.79 Å². The summed E-state index contributed by atoms with van der Waals surface area (Å²) in [7, 11) is 0. The van der Waals surface area contributed by atoms with E-state index >= 15 is 0 Å². The Labute approximate surface area is 155 Å². The van der Waals surface area contributed by atoms with Gasteiger partial charge in [0.15, 0.2) is 0 Å². The van der Waals surface area contributed by atoms with Crippen molar-refractivity contribution in [2.75, 3.05) is 0 Å². The summed E-state index contributed by atoms with van der Waals surface area (Å²) < 4.78 is 0. The smallest absolute Gasteiger partial charge is 0.207 e. The fraction of sp³-hybridized carbons (Fsp3) is 0.348. The predicted octanol–water partition coefficient (Wildman–Crippen LogP) is 5.84. The summed E-state index contributed by atoms with van der Waals surface area (Å²) in [5.74, 6) is -0.00145. The lowest BCUT2D eigenvalue weighted by Crippen LogP contribution is -2.29. The van der Waals surface area contributed by atoms with Crippen LogP contribution in [0.15, 0.2) is 64.8 Å². The third-order valence-corrected chi connectivity index (χ3v) is 4.60. The van der Waals surface area contributed by atoms with E-state index in [0.29, 0.717) is 5.71 Å². The Hall–Kier alpha value is -2.55. The number of ketones is 1. The molecule has 0 saturated heterocycles. The van der Waals surface area contributed by atoms with Crippen LogP contribution in [-0.2, 0) is 4.79 Å². The number of aliphatic imine (C=N–C) groups is 1. The molecule has 0 amide bonds. The van der Waals surface area contributed by atoms with E-state index in [1.165, 1.54) is 0 Å². The Morgan fingerprint density at radius 3 is 2.23 bits per heavy atom. The fourth-order valence-corrected chi connectivity index (χ4v) is 2.99. The lowest BCUT2D eigenvalue weighted by molar-refractivity contribution is -0.110. The van der Waals surface area contributed by atoms with Gasteiger partial charge in [0.05, 0.1) is 11.2 Å². The Morgan fingerprint density at radius 1 is 0.885 bits per heavy atom. The van der Waals surface area contributed by atoms with Gasteiger partial charge in [-0.2, -0.15) is 0 Å². The Morgan fingerprint density at radius 2 is 1.58 bits per heavy atom. The fourth-order valence-electron chi connectivity index (χ4n) is 2.99. The maximum atomic E-state index is 13.1. The maximum Gasteiger partial charge on any atom is 0.207 e. The molecule has 0 N–H and O–H groups in total. The summed E-state index contributed by atoms with van der Waals surface area (Å²) in [4.78, 5) is 22.3. The standard InChI is InChI=1S/C23H26N2O/c1-22(2,3)16-13-17(23(4,5)6)21(26)19(14-16)25-18-11-7-9-15-10-8-12-24-20(15)18/h7-14H,1-6H3. The van der Waals surface area contributed by atoms with Crippen LogP contribution in [0.4, 0.5) is 5.69 Å². The summed E-state index contributed by atoms with van der Waals surface area (Å²) >= 11 is 0. The first kappa shape index (κ1) is 18.2. The highest BCUT2D eigenvalue weighted by molar-refractivity contribution is 6.51. The predicted molar refractivity (Wildman–Crippen MR) is 109 cm³/mol. The topological polar surface area (TPSA) is 42.3 Å². The number of nitrogens with zero attached hydrogens (tertiary/aromatic N) is 2. The van der Waals surface area contributed by atoms with E-state index in [1.807, 2.05) is 42.5 Å². The van der Waals surface area contributed by atoms with Crippen LogP contribution in [0.1, 0.15) is 41.5 Å². The van der Waals surface area contributed by atoms with Gasteiger partial charge < -0.3 is 0 Å². The van der Waals surface area contributed by atoms with Crippen LogP contribution in [0.25, 0.3) is 10.9 Å². The molecule has 2 aromatic rings. The second-order valence-corrected chi connectivity index (χ2v) is 8.84. The first-order chi connectivity index (χ1) is 12.1. The number of benzene rings is 1. The van der Waals surface area contributed by atoms with Crippen molar-refractivity contribution in [3.63, 3.8) is 0 Å². The van der Waals surface area contributed by atoms with Crippen molar-refractivity contribution < 1.29 is 4.79 Å². The molecule has 1 aromatic heterocycles. The van der Waals surface area contributed by atoms with E-state index in [-0.39, 0.29) is 16.6 Å². The summed E-state index contributed by atoms with van der Waals surface area (Å²) in [6.07, 6.45) is 5.73. The quantitative estimate of drug-likeness (QED) is 0.609. The molecule has 3 rings (SSSR count). The zero-order valence-electron chi connectivity index (χ0n) is 16.4. The minimum Gasteiger partial charge on any atom is -0.287 e. The largest absolute Gasteiger partial charge is 0.287 e. The first-order valence-electron chi connectivity index (χ1n) is 8.99. The molecule has 26 heavy (non-hydrogen) atoms. The van der Waals surface area contributed by atoms with Crippen molar-refractivity contribution in [3.8, 4) is 0 Å². The molecular weight excluding hydrogens is 320 g/mol. The molecule has 3 heteroatoms. The number of para-hydroxylation sites is 1. The van der Waals surface area contributed by atoms with Crippen molar-refractivity contribution in [1.29, 1.82) is 0 Å². The minimum absolute atomic E-state index is 0.00145. The Kier molecular flexibility index (Phi) is 4.43. The number of carbonyl (C=O) groups excluding carboxylic acids is 1. The van der Waals surface area contributed by atoms with Gasteiger partial charge in [0.1, 0.15) is 5.71 Å². The highest BCUT2D eigenvalue weighted by Crippen LogP contribution is 2.37. The molecule has 0 spiro atoms. The zero-order chi connectivity index (χ0) is 19.1. The highest BCUT2D eigenvalue weighted by atomic mass is 16.1. The number of hydrogen-bond acceptors (Lipinski definition) is 3. The molecular formula is C23H26N2O. The molecule has 0 saturated carbocycles. The van der Waals surface area contributed by atoms with Crippen LogP contribution >= 0.6 is 0 Å². The summed E-state index contributed by atoms with van der Waals surface area (Å²) in [5.41, 5.74) is 3.65. The normalized spacial score (nSPS) is 17.5. The van der Waals surface area contributed by atoms with Gasteiger partial charge in [0, 0.05) is 17.2 Å². The van der Waals surface area contributed by atoms with Gasteiger partial charge in [-0.25, -0.2) is 4.99 Å². The molecule has 1 aromatic carbocycles. The number of hydrogen-bond donors (Lipinski definition) is 0. The van der Waals surface area contributed by atoms with Crippen molar-refractivity contribution in [1.82, 2.24) is 4.98 Å². The van der Waals surface area contributed by atoms with Gasteiger partial charge in [-0.3, -0.25) is 9.78 Å². The van der Waals surface area contributed by atoms with Crippen LogP contribution in [-0.4, -0.2) is 16.5 Å². The number of fused-ring (bicyclic) bond motifs is 1. The van der Waals surface area contributed by atoms with Crippen molar-refractivity contribution >= 4 is 28.1 Å². The van der Waals surface area contributed by atoms with Crippen LogP contribution in [0.2, 0.25) is 0 Å². The molecule has 0 aliphatic heterocycles. The van der Waals surface area contributed by atoms with Crippen molar-refractivity contribution in [2.24, 2.45) is 15.8 Å². The molecule has 0 fully saturated rings. The van der Waals surface area contributed by atoms with Gasteiger partial charge in [-0.15, -0.1) is 0 Å². The Balaban J connectivity index is 2.19. The lowest BCUT2D eigenvalue weighted by Gasteiger charge is -2.30. The second-order valence-electron chi connectivity index (χ2n) is 8.84. The summed E-state index contributed by atoms with van der Waals surface area (Å²) in [6.45, 7) is 12.7. The molecule has 0 radical (unpaired) electrons. The molecule has 0 unspecified atom stereocenters. The van der Waals surface area contributed by atoms with Gasteiger partial charge in [0.25, 0.3) is 0 Å². The van der Waals surface area contributed by atoms with E-state index in [4.69, 9.17) is 4.99 Å². The summed E-state index contributed by atoms with van der Waals surface area (Å²) in [6, 6.07) is 9.78. The van der Waals surface area contributed by atoms with E-state index in [0.717, 1.165) is 27.7 Å². The van der Waals surface area contributed by atoms with Gasteiger partial charge in [0.2, 0.25) is 5.78 Å². The lowest BCUT2D eigenvalue weighted by atomic mass is 9.74. The van der Waals surface area contributed by atoms with Gasteiger partial charge in [-0.05, 0) is 34.6 Å². The highest BCUT2D eigenvalue weighted by Gasteiger charge is 2.32. The minimum atomic E-state index is -0.236. The maximum absolute atomic E-state index is 13.1. The monoisotopic (exact) mass is 346 g/mol.